The highest BCUT2D eigenvalue weighted by molar-refractivity contribution is 6.30. The van der Waals surface area contributed by atoms with Crippen molar-refractivity contribution < 1.29 is 29.4 Å². The minimum absolute atomic E-state index is 0.0989. The van der Waals surface area contributed by atoms with Crippen molar-refractivity contribution in [2.75, 3.05) is 5.32 Å². The molecule has 4 aromatic carbocycles. The number of carbonyl (C=O) groups is 4. The molecule has 8 nitrogen and oxygen atoms in total. The van der Waals surface area contributed by atoms with Gasteiger partial charge < -0.3 is 20.4 Å². The van der Waals surface area contributed by atoms with Gasteiger partial charge in [-0.15, -0.1) is 0 Å². The quantitative estimate of drug-likeness (QED) is 0.289. The van der Waals surface area contributed by atoms with Crippen molar-refractivity contribution in [1.29, 1.82) is 0 Å². The summed E-state index contributed by atoms with van der Waals surface area (Å²) in [5.41, 5.74) is 2.39. The van der Waals surface area contributed by atoms with Crippen molar-refractivity contribution in [2.45, 2.75) is 12.1 Å². The first-order chi connectivity index (χ1) is 18.7. The number of carbonyl (C=O) groups excluding carboxylic acids is 2. The maximum absolute atomic E-state index is 14.2. The van der Waals surface area contributed by atoms with E-state index in [0.717, 1.165) is 4.90 Å². The van der Waals surface area contributed by atoms with Crippen LogP contribution in [0.4, 0.5) is 5.69 Å². The molecule has 0 spiro atoms. The highest BCUT2D eigenvalue weighted by atomic mass is 35.5. The lowest BCUT2D eigenvalue weighted by molar-refractivity contribution is -0.144. The molecule has 2 amide bonds. The van der Waals surface area contributed by atoms with E-state index in [2.05, 4.69) is 5.32 Å². The van der Waals surface area contributed by atoms with Crippen molar-refractivity contribution in [3.05, 3.63) is 124 Å². The number of aromatic carboxylic acids is 1. The maximum atomic E-state index is 14.2. The molecule has 194 valence electrons. The van der Waals surface area contributed by atoms with Crippen LogP contribution in [0.2, 0.25) is 5.02 Å². The highest BCUT2D eigenvalue weighted by Crippen LogP contribution is 2.39. The summed E-state index contributed by atoms with van der Waals surface area (Å²) in [6, 6.07) is 22.8. The maximum Gasteiger partial charge on any atom is 0.335 e. The molecular weight excluding hydrogens is 520 g/mol. The summed E-state index contributed by atoms with van der Waals surface area (Å²) in [6.07, 6.45) is 0. The average molecular weight is 541 g/mol. The van der Waals surface area contributed by atoms with E-state index in [1.807, 2.05) is 0 Å². The number of nitrogens with one attached hydrogen (secondary N) is 1. The molecule has 0 fully saturated rings. The number of fused-ring (bicyclic) bond motifs is 1. The van der Waals surface area contributed by atoms with E-state index < -0.39 is 35.8 Å². The van der Waals surface area contributed by atoms with Crippen molar-refractivity contribution in [3.8, 4) is 11.1 Å². The topological polar surface area (TPSA) is 124 Å². The second-order valence-electron chi connectivity index (χ2n) is 8.95. The van der Waals surface area contributed by atoms with Crippen LogP contribution in [0.5, 0.6) is 0 Å². The number of carboxylic acids is 2. The first-order valence-corrected chi connectivity index (χ1v) is 12.3. The minimum atomic E-state index is -1.48. The van der Waals surface area contributed by atoms with Gasteiger partial charge in [-0.3, -0.25) is 9.59 Å². The zero-order valence-electron chi connectivity index (χ0n) is 20.2. The molecule has 0 saturated carbocycles. The molecule has 9 heteroatoms. The molecule has 5 rings (SSSR count). The Morgan fingerprint density at radius 1 is 0.821 bits per heavy atom. The molecule has 2 atom stereocenters. The van der Waals surface area contributed by atoms with Gasteiger partial charge in [-0.1, -0.05) is 72.3 Å². The van der Waals surface area contributed by atoms with Gasteiger partial charge in [0.25, 0.3) is 11.8 Å². The van der Waals surface area contributed by atoms with Gasteiger partial charge in [-0.05, 0) is 58.7 Å². The number of anilines is 1. The zero-order chi connectivity index (χ0) is 27.7. The van der Waals surface area contributed by atoms with Crippen LogP contribution in [0, 0.1) is 0 Å². The van der Waals surface area contributed by atoms with Crippen molar-refractivity contribution >= 4 is 41.0 Å². The predicted octanol–water partition coefficient (Wildman–Crippen LogP) is 5.67. The number of rotatable bonds is 6. The molecule has 0 saturated heterocycles. The lowest BCUT2D eigenvalue weighted by Gasteiger charge is -2.34. The Bertz CT molecular complexity index is 1590. The Morgan fingerprint density at radius 3 is 2.08 bits per heavy atom. The van der Waals surface area contributed by atoms with Gasteiger partial charge in [0, 0.05) is 5.02 Å². The van der Waals surface area contributed by atoms with Gasteiger partial charge in [0.2, 0.25) is 0 Å². The number of hydrogen-bond donors (Lipinski definition) is 3. The number of halogens is 1. The average Bonchev–Trinajstić information content (AvgIpc) is 3.03. The summed E-state index contributed by atoms with van der Waals surface area (Å²) < 4.78 is 0. The lowest BCUT2D eigenvalue weighted by atomic mass is 9.97. The molecule has 0 aliphatic carbocycles. The molecule has 1 aliphatic rings. The van der Waals surface area contributed by atoms with Gasteiger partial charge in [0.05, 0.1) is 16.8 Å². The second-order valence-corrected chi connectivity index (χ2v) is 9.39. The third kappa shape index (κ3) is 4.97. The summed E-state index contributed by atoms with van der Waals surface area (Å²) in [6.45, 7) is 0. The summed E-state index contributed by atoms with van der Waals surface area (Å²) in [5, 5.41) is 22.8. The molecule has 1 heterocycles. The summed E-state index contributed by atoms with van der Waals surface area (Å²) in [5.74, 6) is -3.61. The van der Waals surface area contributed by atoms with E-state index in [1.165, 1.54) is 12.1 Å². The van der Waals surface area contributed by atoms with E-state index in [1.54, 1.807) is 84.9 Å². The van der Waals surface area contributed by atoms with Gasteiger partial charge in [-0.25, -0.2) is 9.59 Å². The lowest BCUT2D eigenvalue weighted by Crippen LogP contribution is -2.44. The normalized spacial score (nSPS) is 15.6. The fourth-order valence-electron chi connectivity index (χ4n) is 4.68. The number of amides is 2. The van der Waals surface area contributed by atoms with Crippen LogP contribution in [-0.4, -0.2) is 38.9 Å². The fraction of sp³-hybridized carbons (Fsp3) is 0.0667. The zero-order valence-corrected chi connectivity index (χ0v) is 21.0. The highest BCUT2D eigenvalue weighted by Gasteiger charge is 2.43. The number of benzene rings is 4. The molecule has 0 radical (unpaired) electrons. The molecular formula is C30H21ClN2O6. The van der Waals surface area contributed by atoms with Crippen LogP contribution in [0.25, 0.3) is 11.1 Å². The summed E-state index contributed by atoms with van der Waals surface area (Å²) in [7, 11) is 0. The fourth-order valence-corrected chi connectivity index (χ4v) is 4.81. The molecule has 3 N–H and O–H groups in total. The predicted molar refractivity (Wildman–Crippen MR) is 145 cm³/mol. The minimum Gasteiger partial charge on any atom is -0.479 e. The van der Waals surface area contributed by atoms with Crippen molar-refractivity contribution in [1.82, 2.24) is 4.90 Å². The van der Waals surface area contributed by atoms with Crippen LogP contribution in [0.1, 0.15) is 43.9 Å². The van der Waals surface area contributed by atoms with Crippen LogP contribution in [0.3, 0.4) is 0 Å². The van der Waals surface area contributed by atoms with Gasteiger partial charge in [-0.2, -0.15) is 0 Å². The number of nitrogens with zero attached hydrogens (tertiary/aromatic N) is 1. The SMILES string of the molecule is O=C(O)c1ccc(-c2ccc3c(c2)C(=O)N(C(C(=O)O)c2ccccc2)C(c2ccc(Cl)cc2)C(=O)N3)cc1. The van der Waals surface area contributed by atoms with Crippen LogP contribution in [0.15, 0.2) is 97.1 Å². The van der Waals surface area contributed by atoms with E-state index in [-0.39, 0.29) is 16.8 Å². The van der Waals surface area contributed by atoms with Crippen LogP contribution >= 0.6 is 11.6 Å². The Morgan fingerprint density at radius 2 is 1.46 bits per heavy atom. The van der Waals surface area contributed by atoms with E-state index in [0.29, 0.717) is 27.3 Å². The molecule has 1 aliphatic heterocycles. The molecule has 39 heavy (non-hydrogen) atoms. The molecule has 4 aromatic rings. The van der Waals surface area contributed by atoms with E-state index in [9.17, 15) is 29.4 Å². The summed E-state index contributed by atoms with van der Waals surface area (Å²) >= 11 is 6.06. The van der Waals surface area contributed by atoms with Crippen LogP contribution < -0.4 is 5.32 Å². The molecule has 0 aromatic heterocycles. The number of aliphatic carboxylic acids is 1. The first kappa shape index (κ1) is 25.7. The molecule has 0 bridgehead atoms. The van der Waals surface area contributed by atoms with Gasteiger partial charge in [0.15, 0.2) is 6.04 Å². The van der Waals surface area contributed by atoms with Gasteiger partial charge in [0.1, 0.15) is 6.04 Å². The number of hydrogen-bond acceptors (Lipinski definition) is 4. The third-order valence-electron chi connectivity index (χ3n) is 6.55. The Labute approximate surface area is 228 Å². The Hall–Kier alpha value is -4.95. The third-order valence-corrected chi connectivity index (χ3v) is 6.80. The van der Waals surface area contributed by atoms with Crippen LogP contribution in [-0.2, 0) is 9.59 Å². The largest absolute Gasteiger partial charge is 0.479 e. The standard InChI is InChI=1S/C30H21ClN2O6/c31-22-13-10-19(11-14-22)25-27(34)32-24-15-12-21(17-6-8-20(9-7-17)29(36)37)16-23(24)28(35)33(25)26(30(38)39)18-4-2-1-3-5-18/h1-16,25-26H,(H,32,34)(H,36,37)(H,38,39). The van der Waals surface area contributed by atoms with Crippen molar-refractivity contribution in [2.24, 2.45) is 0 Å². The number of carboxylic acid groups (broad SMARTS) is 2. The van der Waals surface area contributed by atoms with Gasteiger partial charge >= 0.3 is 11.9 Å². The smallest absolute Gasteiger partial charge is 0.335 e. The monoisotopic (exact) mass is 540 g/mol. The summed E-state index contributed by atoms with van der Waals surface area (Å²) in [4.78, 5) is 52.9. The van der Waals surface area contributed by atoms with Crippen molar-refractivity contribution in [3.63, 3.8) is 0 Å². The Kier molecular flexibility index (Phi) is 6.87. The molecule has 2 unspecified atom stereocenters. The second kappa shape index (κ2) is 10.4. The first-order valence-electron chi connectivity index (χ1n) is 11.9. The Balaban J connectivity index is 1.68. The van der Waals surface area contributed by atoms with E-state index >= 15 is 0 Å². The van der Waals surface area contributed by atoms with E-state index in [4.69, 9.17) is 11.6 Å².